The number of esters is 1. The fourth-order valence-corrected chi connectivity index (χ4v) is 2.70. The Morgan fingerprint density at radius 3 is 2.85 bits per heavy atom. The lowest BCUT2D eigenvalue weighted by Crippen LogP contribution is -2.13. The van der Waals surface area contributed by atoms with Crippen LogP contribution in [0.1, 0.15) is 29.7 Å². The second-order valence-corrected chi connectivity index (χ2v) is 5.91. The van der Waals surface area contributed by atoms with E-state index >= 15 is 0 Å². The summed E-state index contributed by atoms with van der Waals surface area (Å²) in [6.07, 6.45) is 3.71. The first-order valence-corrected chi connectivity index (χ1v) is 8.69. The fraction of sp³-hybridized carbons (Fsp3) is 0.250. The molecule has 3 rings (SSSR count). The summed E-state index contributed by atoms with van der Waals surface area (Å²) in [5.74, 6) is 0.0253. The number of rotatable bonds is 7. The van der Waals surface area contributed by atoms with E-state index < -0.39 is 5.97 Å². The van der Waals surface area contributed by atoms with E-state index in [-0.39, 0.29) is 24.6 Å². The molecule has 134 valence electrons. The maximum Gasteiger partial charge on any atom is 0.357 e. The summed E-state index contributed by atoms with van der Waals surface area (Å²) in [6, 6.07) is 3.54. The molecule has 0 spiro atoms. The molecule has 0 aromatic carbocycles. The molecule has 3 heterocycles. The van der Waals surface area contributed by atoms with Crippen molar-refractivity contribution in [2.24, 2.45) is 0 Å². The third-order valence-electron chi connectivity index (χ3n) is 3.21. The van der Waals surface area contributed by atoms with Crippen molar-refractivity contribution in [1.82, 2.24) is 20.1 Å². The Hall–Kier alpha value is -3.14. The molecule has 3 aromatic heterocycles. The minimum Gasteiger partial charge on any atom is -0.461 e. The lowest BCUT2D eigenvalue weighted by Gasteiger charge is -1.99. The van der Waals surface area contributed by atoms with Crippen LogP contribution < -0.4 is 5.32 Å². The molecule has 26 heavy (non-hydrogen) atoms. The van der Waals surface area contributed by atoms with Gasteiger partial charge in [0.1, 0.15) is 0 Å². The second-order valence-electron chi connectivity index (χ2n) is 5.05. The molecule has 0 fully saturated rings. The molecule has 1 N–H and O–H groups in total. The molecule has 0 aliphatic carbocycles. The number of hydrogen-bond acceptors (Lipinski definition) is 9. The van der Waals surface area contributed by atoms with Gasteiger partial charge < -0.3 is 14.6 Å². The van der Waals surface area contributed by atoms with Gasteiger partial charge in [-0.05, 0) is 19.1 Å². The topological polar surface area (TPSA) is 120 Å². The number of thiazole rings is 1. The number of nitrogens with one attached hydrogen (secondary N) is 1. The molecule has 1 amide bonds. The summed E-state index contributed by atoms with van der Waals surface area (Å²) in [7, 11) is 0. The third-order valence-corrected chi connectivity index (χ3v) is 3.97. The molecule has 0 saturated heterocycles. The van der Waals surface area contributed by atoms with Gasteiger partial charge in [0, 0.05) is 36.2 Å². The van der Waals surface area contributed by atoms with E-state index in [0.29, 0.717) is 23.3 Å². The number of nitrogens with zero attached hydrogens (tertiary/aromatic N) is 4. The summed E-state index contributed by atoms with van der Waals surface area (Å²) in [6.45, 7) is 1.98. The molecule has 10 heteroatoms. The first kappa shape index (κ1) is 17.7. The van der Waals surface area contributed by atoms with E-state index in [1.54, 1.807) is 31.5 Å². The summed E-state index contributed by atoms with van der Waals surface area (Å²) in [4.78, 5) is 35.8. The van der Waals surface area contributed by atoms with Crippen LogP contribution in [0.2, 0.25) is 0 Å². The Labute approximate surface area is 152 Å². The van der Waals surface area contributed by atoms with Crippen molar-refractivity contribution in [1.29, 1.82) is 0 Å². The van der Waals surface area contributed by atoms with Gasteiger partial charge in [-0.25, -0.2) is 9.78 Å². The van der Waals surface area contributed by atoms with Crippen LogP contribution in [-0.4, -0.2) is 38.6 Å². The Kier molecular flexibility index (Phi) is 5.64. The molecule has 0 bridgehead atoms. The smallest absolute Gasteiger partial charge is 0.357 e. The van der Waals surface area contributed by atoms with E-state index in [4.69, 9.17) is 9.26 Å². The fourth-order valence-electron chi connectivity index (χ4n) is 2.01. The van der Waals surface area contributed by atoms with Gasteiger partial charge in [0.05, 0.1) is 6.61 Å². The molecule has 9 nitrogen and oxygen atoms in total. The summed E-state index contributed by atoms with van der Waals surface area (Å²) >= 11 is 1.15. The van der Waals surface area contributed by atoms with Crippen LogP contribution in [0.15, 0.2) is 34.4 Å². The Bertz CT molecular complexity index is 893. The molecule has 3 aromatic rings. The van der Waals surface area contributed by atoms with Gasteiger partial charge in [-0.1, -0.05) is 5.16 Å². The SMILES string of the molecule is CCOC(=O)c1csc(NC(=O)CCc2nc(-c3ccncc3)no2)n1. The van der Waals surface area contributed by atoms with Crippen LogP contribution in [0.25, 0.3) is 11.4 Å². The highest BCUT2D eigenvalue weighted by Crippen LogP contribution is 2.17. The standard InChI is InChI=1S/C16H15N5O4S/c1-2-24-15(23)11-9-26-16(18-11)19-12(22)3-4-13-20-14(21-25-13)10-5-7-17-8-6-10/h5-9H,2-4H2,1H3,(H,18,19,22). The first-order chi connectivity index (χ1) is 12.7. The van der Waals surface area contributed by atoms with Gasteiger partial charge in [0.25, 0.3) is 0 Å². The number of carbonyl (C=O) groups is 2. The zero-order chi connectivity index (χ0) is 18.4. The van der Waals surface area contributed by atoms with E-state index in [2.05, 4.69) is 25.4 Å². The number of aromatic nitrogens is 4. The van der Waals surface area contributed by atoms with Gasteiger partial charge >= 0.3 is 5.97 Å². The van der Waals surface area contributed by atoms with Gasteiger partial charge in [-0.3, -0.25) is 9.78 Å². The molecule has 0 radical (unpaired) electrons. The zero-order valence-corrected chi connectivity index (χ0v) is 14.7. The largest absolute Gasteiger partial charge is 0.461 e. The molecule has 0 aliphatic heterocycles. The van der Waals surface area contributed by atoms with Crippen molar-refractivity contribution in [3.05, 3.63) is 41.5 Å². The number of ether oxygens (including phenoxy) is 1. The lowest BCUT2D eigenvalue weighted by molar-refractivity contribution is -0.116. The van der Waals surface area contributed by atoms with Crippen molar-refractivity contribution < 1.29 is 18.8 Å². The maximum atomic E-state index is 12.0. The second kappa shape index (κ2) is 8.30. The minimum atomic E-state index is -0.515. The monoisotopic (exact) mass is 373 g/mol. The quantitative estimate of drug-likeness (QED) is 0.627. The van der Waals surface area contributed by atoms with Gasteiger partial charge in [0.15, 0.2) is 10.8 Å². The molecule has 0 unspecified atom stereocenters. The Morgan fingerprint density at radius 1 is 1.27 bits per heavy atom. The van der Waals surface area contributed by atoms with Crippen LogP contribution in [0.4, 0.5) is 5.13 Å². The highest BCUT2D eigenvalue weighted by atomic mass is 32.1. The van der Waals surface area contributed by atoms with Gasteiger partial charge in [-0.2, -0.15) is 4.98 Å². The number of aryl methyl sites for hydroxylation is 1. The minimum absolute atomic E-state index is 0.145. The average Bonchev–Trinajstić information content (AvgIpc) is 3.30. The predicted molar refractivity (Wildman–Crippen MR) is 92.6 cm³/mol. The van der Waals surface area contributed by atoms with Crippen molar-refractivity contribution >= 4 is 28.3 Å². The lowest BCUT2D eigenvalue weighted by atomic mass is 10.2. The Morgan fingerprint density at radius 2 is 2.08 bits per heavy atom. The van der Waals surface area contributed by atoms with Crippen molar-refractivity contribution in [2.45, 2.75) is 19.8 Å². The molecule has 0 atom stereocenters. The molecular weight excluding hydrogens is 358 g/mol. The first-order valence-electron chi connectivity index (χ1n) is 7.81. The normalized spacial score (nSPS) is 10.5. The van der Waals surface area contributed by atoms with Crippen molar-refractivity contribution in [2.75, 3.05) is 11.9 Å². The van der Waals surface area contributed by atoms with Crippen molar-refractivity contribution in [3.8, 4) is 11.4 Å². The molecule has 0 aliphatic rings. The van der Waals surface area contributed by atoms with E-state index in [9.17, 15) is 9.59 Å². The number of carbonyl (C=O) groups excluding carboxylic acids is 2. The summed E-state index contributed by atoms with van der Waals surface area (Å²) < 4.78 is 10.00. The van der Waals surface area contributed by atoms with Crippen LogP contribution >= 0.6 is 11.3 Å². The summed E-state index contributed by atoms with van der Waals surface area (Å²) in [5.41, 5.74) is 0.958. The average molecular weight is 373 g/mol. The van der Waals surface area contributed by atoms with E-state index in [1.807, 2.05) is 0 Å². The zero-order valence-electron chi connectivity index (χ0n) is 13.8. The summed E-state index contributed by atoms with van der Waals surface area (Å²) in [5, 5.41) is 8.38. The van der Waals surface area contributed by atoms with Gasteiger partial charge in [0.2, 0.25) is 17.6 Å². The highest BCUT2D eigenvalue weighted by molar-refractivity contribution is 7.14. The third kappa shape index (κ3) is 4.48. The van der Waals surface area contributed by atoms with E-state index in [0.717, 1.165) is 16.9 Å². The number of amides is 1. The highest BCUT2D eigenvalue weighted by Gasteiger charge is 2.14. The van der Waals surface area contributed by atoms with Crippen molar-refractivity contribution in [3.63, 3.8) is 0 Å². The molecular formula is C16H15N5O4S. The van der Waals surface area contributed by atoms with E-state index in [1.165, 1.54) is 5.38 Å². The van der Waals surface area contributed by atoms with Crippen LogP contribution in [0, 0.1) is 0 Å². The number of anilines is 1. The van der Waals surface area contributed by atoms with Gasteiger partial charge in [-0.15, -0.1) is 11.3 Å². The van der Waals surface area contributed by atoms with Crippen LogP contribution in [-0.2, 0) is 16.0 Å². The molecule has 0 saturated carbocycles. The maximum absolute atomic E-state index is 12.0. The number of hydrogen-bond donors (Lipinski definition) is 1. The predicted octanol–water partition coefficient (Wildman–Crippen LogP) is 2.34. The van der Waals surface area contributed by atoms with Crippen LogP contribution in [0.5, 0.6) is 0 Å². The Balaban J connectivity index is 1.52. The number of pyridine rings is 1. The van der Waals surface area contributed by atoms with Crippen LogP contribution in [0.3, 0.4) is 0 Å².